The molecule has 2 saturated heterocycles. The molecule has 280 valence electrons. The van der Waals surface area contributed by atoms with Crippen LogP contribution < -0.4 is 20.9 Å². The molecular formula is C41H61FN5O2Pt-. The molecule has 0 saturated carbocycles. The number of nitrogens with two attached hydrogens (primary N) is 1. The van der Waals surface area contributed by atoms with Gasteiger partial charge >= 0.3 is 0 Å². The van der Waals surface area contributed by atoms with Gasteiger partial charge in [0.15, 0.2) is 0 Å². The van der Waals surface area contributed by atoms with Crippen molar-refractivity contribution in [2.45, 2.75) is 97.8 Å². The van der Waals surface area contributed by atoms with Crippen LogP contribution in [0.1, 0.15) is 89.3 Å². The van der Waals surface area contributed by atoms with Gasteiger partial charge in [0.25, 0.3) is 0 Å². The Labute approximate surface area is 316 Å². The molecule has 2 atom stereocenters. The first-order valence-corrected chi connectivity index (χ1v) is 17.8. The van der Waals surface area contributed by atoms with Crippen molar-refractivity contribution in [3.8, 4) is 0 Å². The number of nitrogen functional groups attached to an aromatic ring is 1. The maximum Gasteiger partial charge on any atom is 0.228 e. The Bertz CT molecular complexity index is 1380. The molecule has 3 aromatic carbocycles. The molecule has 9 heteroatoms. The van der Waals surface area contributed by atoms with E-state index >= 15 is 4.39 Å². The van der Waals surface area contributed by atoms with Crippen LogP contribution in [-0.4, -0.2) is 61.7 Å². The molecule has 0 spiro atoms. The maximum absolute atomic E-state index is 15.9. The van der Waals surface area contributed by atoms with Crippen molar-refractivity contribution in [3.05, 3.63) is 96.9 Å². The third-order valence-electron chi connectivity index (χ3n) is 9.17. The number of halogens is 1. The summed E-state index contributed by atoms with van der Waals surface area (Å²) in [6.45, 7) is 16.5. The van der Waals surface area contributed by atoms with Gasteiger partial charge in [0.2, 0.25) is 12.3 Å². The van der Waals surface area contributed by atoms with E-state index in [1.165, 1.54) is 17.7 Å². The number of piperidine rings is 2. The molecule has 2 aliphatic rings. The molecule has 2 unspecified atom stereocenters. The van der Waals surface area contributed by atoms with E-state index in [2.05, 4.69) is 89.3 Å². The number of imide groups is 1. The van der Waals surface area contributed by atoms with E-state index in [0.717, 1.165) is 55.7 Å². The minimum atomic E-state index is -1.28. The van der Waals surface area contributed by atoms with Crippen molar-refractivity contribution in [1.29, 1.82) is 0 Å². The third kappa shape index (κ3) is 13.2. The second-order valence-corrected chi connectivity index (χ2v) is 13.0. The zero-order chi connectivity index (χ0) is 35.1. The van der Waals surface area contributed by atoms with Crippen LogP contribution >= 0.6 is 0 Å². The number of aryl methyl sites for hydroxylation is 1. The quantitative estimate of drug-likeness (QED) is 0.121. The number of likely N-dealkylation sites (tertiary alicyclic amines) is 1. The first-order valence-electron chi connectivity index (χ1n) is 17.8. The summed E-state index contributed by atoms with van der Waals surface area (Å²) >= 11 is 0. The van der Waals surface area contributed by atoms with E-state index in [9.17, 15) is 9.59 Å². The molecule has 2 amide bonds. The fraction of sp³-hybridized carbons (Fsp3) is 0.488. The fourth-order valence-corrected chi connectivity index (χ4v) is 6.69. The van der Waals surface area contributed by atoms with Gasteiger partial charge in [-0.05, 0) is 87.2 Å². The summed E-state index contributed by atoms with van der Waals surface area (Å²) in [5.41, 5.74) is 10.9. The van der Waals surface area contributed by atoms with E-state index in [-0.39, 0.29) is 46.7 Å². The number of hydrogen-bond acceptors (Lipinski definition) is 6. The van der Waals surface area contributed by atoms with Crippen LogP contribution in [0.2, 0.25) is 0 Å². The second kappa shape index (κ2) is 22.6. The smallest absolute Gasteiger partial charge is 0.228 e. The van der Waals surface area contributed by atoms with Gasteiger partial charge in [-0.25, -0.2) is 4.39 Å². The van der Waals surface area contributed by atoms with E-state index in [1.807, 2.05) is 38.1 Å². The molecule has 0 bridgehead atoms. The molecule has 2 aliphatic heterocycles. The van der Waals surface area contributed by atoms with Gasteiger partial charge in [-0.15, -0.1) is 0 Å². The van der Waals surface area contributed by atoms with Crippen molar-refractivity contribution in [2.75, 3.05) is 48.3 Å². The van der Waals surface area contributed by atoms with Gasteiger partial charge in [0, 0.05) is 89.2 Å². The van der Waals surface area contributed by atoms with Crippen LogP contribution in [0.5, 0.6) is 0 Å². The number of carbonyl (C=O) groups excluding carboxylic acids is 2. The van der Waals surface area contributed by atoms with Gasteiger partial charge in [-0.3, -0.25) is 19.8 Å². The fourth-order valence-electron chi connectivity index (χ4n) is 6.69. The number of anilines is 3. The van der Waals surface area contributed by atoms with Gasteiger partial charge in [-0.1, -0.05) is 76.1 Å². The van der Waals surface area contributed by atoms with Gasteiger partial charge in [0.1, 0.15) is 5.67 Å². The summed E-state index contributed by atoms with van der Waals surface area (Å²) < 4.78 is 15.9. The van der Waals surface area contributed by atoms with Crippen molar-refractivity contribution in [2.24, 2.45) is 0 Å². The summed E-state index contributed by atoms with van der Waals surface area (Å²) in [4.78, 5) is 29.6. The molecule has 0 aromatic heterocycles. The molecule has 7 nitrogen and oxygen atoms in total. The Kier molecular flexibility index (Phi) is 20.2. The van der Waals surface area contributed by atoms with E-state index < -0.39 is 5.67 Å². The number of rotatable bonds is 10. The van der Waals surface area contributed by atoms with Gasteiger partial charge < -0.3 is 23.0 Å². The van der Waals surface area contributed by atoms with Crippen LogP contribution in [0.4, 0.5) is 21.5 Å². The van der Waals surface area contributed by atoms with Crippen molar-refractivity contribution >= 4 is 29.4 Å². The number of carbonyl (C=O) groups is 2. The normalized spacial score (nSPS) is 18.9. The van der Waals surface area contributed by atoms with Crippen LogP contribution in [0.25, 0.3) is 0 Å². The summed E-state index contributed by atoms with van der Waals surface area (Å²) in [5, 5.41) is 2.24. The molecular weight excluding hydrogens is 809 g/mol. The minimum Gasteiger partial charge on any atom is -0.399 e. The molecule has 5 rings (SSSR count). The largest absolute Gasteiger partial charge is 0.399 e. The predicted octanol–water partition coefficient (Wildman–Crippen LogP) is 8.32. The van der Waals surface area contributed by atoms with Crippen molar-refractivity contribution in [3.63, 3.8) is 0 Å². The number of amides is 2. The molecule has 3 aromatic rings. The Balaban J connectivity index is 0.00000169. The molecule has 50 heavy (non-hydrogen) atoms. The zero-order valence-electron chi connectivity index (χ0n) is 31.4. The molecule has 0 radical (unpaired) electrons. The summed E-state index contributed by atoms with van der Waals surface area (Å²) in [5.74, 6) is -0.390. The maximum atomic E-state index is 15.9. The second-order valence-electron chi connectivity index (χ2n) is 13.0. The Morgan fingerprint density at radius 1 is 0.960 bits per heavy atom. The number of benzene rings is 3. The third-order valence-corrected chi connectivity index (χ3v) is 9.17. The Morgan fingerprint density at radius 3 is 2.08 bits per heavy atom. The van der Waals surface area contributed by atoms with Crippen LogP contribution in [0.15, 0.2) is 72.8 Å². The molecule has 2 fully saturated rings. The van der Waals surface area contributed by atoms with Crippen LogP contribution in [0.3, 0.4) is 0 Å². The van der Waals surface area contributed by atoms with Crippen molar-refractivity contribution in [1.82, 2.24) is 10.2 Å². The Morgan fingerprint density at radius 2 is 1.54 bits per heavy atom. The van der Waals surface area contributed by atoms with E-state index in [0.29, 0.717) is 37.8 Å². The van der Waals surface area contributed by atoms with Crippen molar-refractivity contribution < 1.29 is 35.0 Å². The predicted molar refractivity (Wildman–Crippen MR) is 206 cm³/mol. The molecule has 0 aliphatic carbocycles. The van der Waals surface area contributed by atoms with Gasteiger partial charge in [-0.2, -0.15) is 0 Å². The van der Waals surface area contributed by atoms with E-state index in [4.69, 9.17) is 5.73 Å². The topological polar surface area (TPSA) is 81.9 Å². The first kappa shape index (κ1) is 44.8. The minimum absolute atomic E-state index is 0. The standard InChI is InChI=1S/C35H44FN5O2.C3H8.C2H6.CH3.Pt/c1-26-3-5-27(6-4-26)23-40(22-18-34(43)38-25-42)31-13-11-30(12-14-31)39-19-15-32(16-20-39)41-21-17-33(35(2,36)24-41)28-7-9-29(37)10-8-28;1-3-2;1-2;;/h3-14,25,32-33H,15-24,37H2,1-2H3,(H,38,42,43);3H2,1-2H3;1-2H3;1H3;/q;;;-1;. The Hall–Kier alpha value is -3.22. The average Bonchev–Trinajstić information content (AvgIpc) is 3.09. The monoisotopic (exact) mass is 869 g/mol. The zero-order valence-corrected chi connectivity index (χ0v) is 33.6. The summed E-state index contributed by atoms with van der Waals surface area (Å²) in [6.07, 6.45) is 4.75. The van der Waals surface area contributed by atoms with Crippen LogP contribution in [0, 0.1) is 14.4 Å². The van der Waals surface area contributed by atoms with E-state index in [1.54, 1.807) is 6.92 Å². The summed E-state index contributed by atoms with van der Waals surface area (Å²) in [6, 6.07) is 25.0. The number of nitrogens with one attached hydrogen (secondary N) is 1. The SMILES string of the molecule is CC.CCC.Cc1ccc(CN(CCC(=O)NC=O)c2ccc(N3CCC(N4CCC(c5ccc(N)cc5)C(C)(F)C4)CC3)cc2)cc1.[CH3-].[Pt]. The number of alkyl halides is 1. The summed E-state index contributed by atoms with van der Waals surface area (Å²) in [7, 11) is 0. The molecule has 2 heterocycles. The average molecular weight is 870 g/mol. The number of hydrogen-bond donors (Lipinski definition) is 2. The first-order chi connectivity index (χ1) is 23.1. The van der Waals surface area contributed by atoms with Crippen LogP contribution in [-0.2, 0) is 37.2 Å². The molecule has 3 N–H and O–H groups in total. The van der Waals surface area contributed by atoms with Gasteiger partial charge in [0.05, 0.1) is 0 Å². The number of nitrogens with zero attached hydrogens (tertiary/aromatic N) is 3.